The van der Waals surface area contributed by atoms with Gasteiger partial charge in [-0.05, 0) is 31.9 Å². The zero-order chi connectivity index (χ0) is 11.7. The summed E-state index contributed by atoms with van der Waals surface area (Å²) in [6.45, 7) is 4.96. The Hall–Kier alpha value is -1.29. The maximum absolute atomic E-state index is 5.84. The first-order valence-electron chi connectivity index (χ1n) is 6.46. The Labute approximate surface area is 102 Å². The van der Waals surface area contributed by atoms with Gasteiger partial charge in [0, 0.05) is 19.6 Å². The minimum Gasteiger partial charge on any atom is -0.371 e. The van der Waals surface area contributed by atoms with E-state index >= 15 is 0 Å². The van der Waals surface area contributed by atoms with E-state index < -0.39 is 0 Å². The number of anilines is 2. The van der Waals surface area contributed by atoms with Gasteiger partial charge in [-0.2, -0.15) is 0 Å². The average Bonchev–Trinajstić information content (AvgIpc) is 2.69. The van der Waals surface area contributed by atoms with E-state index in [1.54, 1.807) is 0 Å². The van der Waals surface area contributed by atoms with Crippen LogP contribution >= 0.6 is 0 Å². The SMILES string of the molecule is CCNc1cccc(N2CC3CCC(C2)O3)n1. The van der Waals surface area contributed by atoms with E-state index in [1.807, 2.05) is 6.07 Å². The lowest BCUT2D eigenvalue weighted by Gasteiger charge is -2.33. The molecule has 1 N–H and O–H groups in total. The number of morpholine rings is 1. The molecule has 0 saturated carbocycles. The van der Waals surface area contributed by atoms with Crippen molar-refractivity contribution in [2.75, 3.05) is 29.9 Å². The molecule has 2 aliphatic rings. The van der Waals surface area contributed by atoms with Crippen molar-refractivity contribution in [3.8, 4) is 0 Å². The third-order valence-electron chi connectivity index (χ3n) is 3.46. The third kappa shape index (κ3) is 2.22. The zero-order valence-corrected chi connectivity index (χ0v) is 10.2. The fourth-order valence-corrected chi connectivity index (χ4v) is 2.68. The van der Waals surface area contributed by atoms with Gasteiger partial charge in [-0.1, -0.05) is 6.07 Å². The monoisotopic (exact) mass is 233 g/mol. The van der Waals surface area contributed by atoms with Gasteiger partial charge in [0.1, 0.15) is 11.6 Å². The van der Waals surface area contributed by atoms with Crippen molar-refractivity contribution in [2.45, 2.75) is 32.0 Å². The van der Waals surface area contributed by atoms with Crippen molar-refractivity contribution < 1.29 is 4.74 Å². The Morgan fingerprint density at radius 2 is 2.12 bits per heavy atom. The first-order chi connectivity index (χ1) is 8.35. The maximum atomic E-state index is 5.84. The lowest BCUT2D eigenvalue weighted by molar-refractivity contribution is 0.0302. The molecule has 4 nitrogen and oxygen atoms in total. The van der Waals surface area contributed by atoms with Gasteiger partial charge in [0.15, 0.2) is 0 Å². The molecule has 17 heavy (non-hydrogen) atoms. The van der Waals surface area contributed by atoms with Crippen LogP contribution < -0.4 is 10.2 Å². The topological polar surface area (TPSA) is 37.4 Å². The van der Waals surface area contributed by atoms with Crippen molar-refractivity contribution >= 4 is 11.6 Å². The molecule has 0 aromatic carbocycles. The molecule has 4 heteroatoms. The lowest BCUT2D eigenvalue weighted by atomic mass is 10.2. The highest BCUT2D eigenvalue weighted by molar-refractivity contribution is 5.47. The maximum Gasteiger partial charge on any atom is 0.131 e. The average molecular weight is 233 g/mol. The van der Waals surface area contributed by atoms with Crippen LogP contribution in [0, 0.1) is 0 Å². The number of fused-ring (bicyclic) bond motifs is 2. The summed E-state index contributed by atoms with van der Waals surface area (Å²) in [6.07, 6.45) is 3.24. The van der Waals surface area contributed by atoms with Crippen LogP contribution in [0.15, 0.2) is 18.2 Å². The number of nitrogens with one attached hydrogen (secondary N) is 1. The summed E-state index contributed by atoms with van der Waals surface area (Å²) < 4.78 is 5.84. The number of pyridine rings is 1. The van der Waals surface area contributed by atoms with Crippen molar-refractivity contribution in [2.24, 2.45) is 0 Å². The van der Waals surface area contributed by atoms with Crippen LogP contribution in [-0.2, 0) is 4.74 Å². The molecule has 2 fully saturated rings. The molecular formula is C13H19N3O. The summed E-state index contributed by atoms with van der Waals surface area (Å²) >= 11 is 0. The van der Waals surface area contributed by atoms with Gasteiger partial charge in [-0.15, -0.1) is 0 Å². The fourth-order valence-electron chi connectivity index (χ4n) is 2.68. The number of ether oxygens (including phenoxy) is 1. The van der Waals surface area contributed by atoms with E-state index in [4.69, 9.17) is 4.74 Å². The molecule has 2 saturated heterocycles. The predicted octanol–water partition coefficient (Wildman–Crippen LogP) is 1.88. The van der Waals surface area contributed by atoms with Crippen LogP contribution in [0.25, 0.3) is 0 Å². The summed E-state index contributed by atoms with van der Waals surface area (Å²) in [5.74, 6) is 2.03. The molecule has 0 spiro atoms. The highest BCUT2D eigenvalue weighted by atomic mass is 16.5. The first-order valence-corrected chi connectivity index (χ1v) is 6.46. The van der Waals surface area contributed by atoms with Crippen LogP contribution in [0.2, 0.25) is 0 Å². The van der Waals surface area contributed by atoms with E-state index in [1.165, 1.54) is 12.8 Å². The van der Waals surface area contributed by atoms with E-state index in [0.717, 1.165) is 31.3 Å². The highest BCUT2D eigenvalue weighted by Gasteiger charge is 2.34. The second-order valence-corrected chi connectivity index (χ2v) is 4.77. The molecule has 1 aromatic heterocycles. The van der Waals surface area contributed by atoms with Gasteiger partial charge in [-0.3, -0.25) is 0 Å². The van der Waals surface area contributed by atoms with E-state index in [9.17, 15) is 0 Å². The summed E-state index contributed by atoms with van der Waals surface area (Å²) in [5.41, 5.74) is 0. The van der Waals surface area contributed by atoms with Crippen molar-refractivity contribution in [1.29, 1.82) is 0 Å². The van der Waals surface area contributed by atoms with Crippen LogP contribution in [0.5, 0.6) is 0 Å². The predicted molar refractivity (Wildman–Crippen MR) is 68.5 cm³/mol. The number of nitrogens with zero attached hydrogens (tertiary/aromatic N) is 2. The molecular weight excluding hydrogens is 214 g/mol. The van der Waals surface area contributed by atoms with Crippen molar-refractivity contribution in [3.63, 3.8) is 0 Å². The van der Waals surface area contributed by atoms with Gasteiger partial charge in [-0.25, -0.2) is 4.98 Å². The second kappa shape index (κ2) is 4.53. The Bertz CT molecular complexity index is 384. The van der Waals surface area contributed by atoms with Gasteiger partial charge in [0.2, 0.25) is 0 Å². The molecule has 2 aliphatic heterocycles. The van der Waals surface area contributed by atoms with Crippen LogP contribution in [-0.4, -0.2) is 36.8 Å². The van der Waals surface area contributed by atoms with E-state index in [-0.39, 0.29) is 0 Å². The Balaban J connectivity index is 1.77. The van der Waals surface area contributed by atoms with Crippen LogP contribution in [0.3, 0.4) is 0 Å². The molecule has 0 amide bonds. The number of aromatic nitrogens is 1. The third-order valence-corrected chi connectivity index (χ3v) is 3.46. The minimum absolute atomic E-state index is 0.415. The summed E-state index contributed by atoms with van der Waals surface area (Å²) in [5, 5.41) is 3.26. The van der Waals surface area contributed by atoms with E-state index in [2.05, 4.69) is 34.3 Å². The number of hydrogen-bond donors (Lipinski definition) is 1. The quantitative estimate of drug-likeness (QED) is 0.865. The van der Waals surface area contributed by atoms with Gasteiger partial charge < -0.3 is 15.0 Å². The van der Waals surface area contributed by atoms with Gasteiger partial charge >= 0.3 is 0 Å². The fraction of sp³-hybridized carbons (Fsp3) is 0.615. The number of rotatable bonds is 3. The number of hydrogen-bond acceptors (Lipinski definition) is 4. The smallest absolute Gasteiger partial charge is 0.131 e. The standard InChI is InChI=1S/C13H19N3O/c1-2-14-12-4-3-5-13(15-12)16-8-10-6-7-11(9-16)17-10/h3-5,10-11H,2,6-9H2,1H3,(H,14,15). The molecule has 2 bridgehead atoms. The Kier molecular flexibility index (Phi) is 2.89. The van der Waals surface area contributed by atoms with Crippen molar-refractivity contribution in [3.05, 3.63) is 18.2 Å². The molecule has 0 aliphatic carbocycles. The molecule has 1 aromatic rings. The summed E-state index contributed by atoms with van der Waals surface area (Å²) in [7, 11) is 0. The largest absolute Gasteiger partial charge is 0.371 e. The summed E-state index contributed by atoms with van der Waals surface area (Å²) in [4.78, 5) is 7.00. The van der Waals surface area contributed by atoms with Crippen LogP contribution in [0.4, 0.5) is 11.6 Å². The zero-order valence-electron chi connectivity index (χ0n) is 10.2. The Morgan fingerprint density at radius 3 is 2.82 bits per heavy atom. The van der Waals surface area contributed by atoms with Gasteiger partial charge in [0.25, 0.3) is 0 Å². The van der Waals surface area contributed by atoms with Crippen molar-refractivity contribution in [1.82, 2.24) is 4.98 Å². The minimum atomic E-state index is 0.415. The normalized spacial score (nSPS) is 27.2. The molecule has 0 radical (unpaired) electrons. The van der Waals surface area contributed by atoms with E-state index in [0.29, 0.717) is 12.2 Å². The molecule has 2 unspecified atom stereocenters. The molecule has 2 atom stereocenters. The lowest BCUT2D eigenvalue weighted by Crippen LogP contribution is -2.43. The van der Waals surface area contributed by atoms with Crippen LogP contribution in [0.1, 0.15) is 19.8 Å². The summed E-state index contributed by atoms with van der Waals surface area (Å²) in [6, 6.07) is 6.17. The highest BCUT2D eigenvalue weighted by Crippen LogP contribution is 2.29. The molecule has 92 valence electrons. The first kappa shape index (κ1) is 10.8. The second-order valence-electron chi connectivity index (χ2n) is 4.77. The Morgan fingerprint density at radius 1 is 1.35 bits per heavy atom. The van der Waals surface area contributed by atoms with Gasteiger partial charge in [0.05, 0.1) is 12.2 Å². The molecule has 3 heterocycles. The molecule has 3 rings (SSSR count).